The minimum atomic E-state index is -0.480. The molecule has 3 aliphatic rings. The lowest BCUT2D eigenvalue weighted by molar-refractivity contribution is -0.384. The minimum Gasteiger partial charge on any atom is -0.495 e. The summed E-state index contributed by atoms with van der Waals surface area (Å²) in [6.45, 7) is 4.68. The van der Waals surface area contributed by atoms with E-state index in [-0.39, 0.29) is 30.3 Å². The molecular formula is C27H32BrN5O6. The number of nitrogens with zero attached hydrogens (tertiary/aromatic N) is 2. The summed E-state index contributed by atoms with van der Waals surface area (Å²) in [5, 5.41) is 24.3. The van der Waals surface area contributed by atoms with Crippen LogP contribution in [0, 0.1) is 16.0 Å². The van der Waals surface area contributed by atoms with Crippen LogP contribution in [0.2, 0.25) is 0 Å². The van der Waals surface area contributed by atoms with Crippen LogP contribution in [0.4, 0.5) is 16.2 Å². The number of anilines is 1. The number of hydrogen-bond donors (Lipinski definition) is 4. The lowest BCUT2D eigenvalue weighted by Crippen LogP contribution is -2.53. The first-order valence-electron chi connectivity index (χ1n) is 12.9. The molecule has 2 heterocycles. The number of ether oxygens (including phenoxy) is 2. The number of carbonyl (C=O) groups is 1. The zero-order valence-electron chi connectivity index (χ0n) is 22.0. The number of aliphatic hydroxyl groups is 1. The van der Waals surface area contributed by atoms with Gasteiger partial charge in [0.2, 0.25) is 0 Å². The number of allylic oxidation sites excluding steroid dienone is 1. The van der Waals surface area contributed by atoms with E-state index in [2.05, 4.69) is 45.1 Å². The summed E-state index contributed by atoms with van der Waals surface area (Å²) in [5.74, 6) is 1.40. The number of non-ortho nitro benzene ring substituents is 1. The number of nitro groups is 1. The van der Waals surface area contributed by atoms with Gasteiger partial charge < -0.3 is 35.6 Å². The molecule has 2 aromatic carbocycles. The number of hydrogen-bond acceptors (Lipinski definition) is 8. The van der Waals surface area contributed by atoms with Gasteiger partial charge in [0.25, 0.3) is 5.69 Å². The number of nitrogens with one attached hydrogen (secondary N) is 3. The van der Waals surface area contributed by atoms with Gasteiger partial charge >= 0.3 is 6.03 Å². The molecule has 2 aromatic rings. The van der Waals surface area contributed by atoms with Gasteiger partial charge in [-0.2, -0.15) is 0 Å². The van der Waals surface area contributed by atoms with Gasteiger partial charge in [-0.3, -0.25) is 10.1 Å². The summed E-state index contributed by atoms with van der Waals surface area (Å²) >= 11 is 3.69. The third-order valence-corrected chi connectivity index (χ3v) is 8.82. The molecule has 5 rings (SSSR count). The van der Waals surface area contributed by atoms with Crippen molar-refractivity contribution in [1.82, 2.24) is 15.6 Å². The van der Waals surface area contributed by atoms with Gasteiger partial charge in [-0.15, -0.1) is 0 Å². The molecule has 1 aliphatic carbocycles. The molecule has 0 unspecified atom stereocenters. The lowest BCUT2D eigenvalue weighted by atomic mass is 9.60. The number of nitro benzene ring substituents is 1. The number of aliphatic hydroxyl groups excluding tert-OH is 1. The van der Waals surface area contributed by atoms with E-state index in [1.807, 2.05) is 13.0 Å². The predicted octanol–water partition coefficient (Wildman–Crippen LogP) is 4.20. The largest absolute Gasteiger partial charge is 0.495 e. The molecule has 0 aromatic heterocycles. The van der Waals surface area contributed by atoms with Gasteiger partial charge in [0.15, 0.2) is 0 Å². The molecular weight excluding hydrogens is 570 g/mol. The summed E-state index contributed by atoms with van der Waals surface area (Å²) < 4.78 is 13.0. The van der Waals surface area contributed by atoms with E-state index >= 15 is 0 Å². The summed E-state index contributed by atoms with van der Waals surface area (Å²) in [6, 6.07) is 7.52. The topological polar surface area (TPSA) is 138 Å². The first kappa shape index (κ1) is 27.1. The van der Waals surface area contributed by atoms with Gasteiger partial charge in [0.05, 0.1) is 30.4 Å². The van der Waals surface area contributed by atoms with Crippen LogP contribution in [-0.2, 0) is 12.0 Å². The molecule has 0 saturated heterocycles. The first-order chi connectivity index (χ1) is 18.7. The first-order valence-corrected chi connectivity index (χ1v) is 13.7. The molecule has 11 nitrogen and oxygen atoms in total. The fraction of sp³-hybridized carbons (Fsp3) is 0.444. The number of carbonyl (C=O) groups excluding carboxylic acids is 1. The second-order valence-corrected chi connectivity index (χ2v) is 11.0. The van der Waals surface area contributed by atoms with E-state index in [0.717, 1.165) is 21.3 Å². The Morgan fingerprint density at radius 2 is 2.08 bits per heavy atom. The van der Waals surface area contributed by atoms with Crippen LogP contribution in [0.1, 0.15) is 37.8 Å². The zero-order valence-corrected chi connectivity index (χ0v) is 23.6. The van der Waals surface area contributed by atoms with Crippen molar-refractivity contribution in [3.8, 4) is 11.5 Å². The van der Waals surface area contributed by atoms with E-state index in [0.29, 0.717) is 43.1 Å². The van der Waals surface area contributed by atoms with Crippen LogP contribution in [0.15, 0.2) is 46.6 Å². The molecule has 1 spiro atoms. The fourth-order valence-corrected chi connectivity index (χ4v) is 6.77. The summed E-state index contributed by atoms with van der Waals surface area (Å²) in [4.78, 5) is 25.3. The average Bonchev–Trinajstić information content (AvgIpc) is 3.18. The standard InChI is InChI=1S/C27H32BrN5O6/c1-4-29-26(35)32-13-16-10-21(38-3)24(28)25-23(16)27(12-20(32)14-34)15(2)9-18(11-22(27)39-25)31-30-17-5-7-19(8-6-17)33(36)37/h5-8,10-11,15,20,22,30-31,34H,4,9,12-14H2,1-3H3,(H,29,35)/t15-,20+,22-,27+/m1/s1. The Morgan fingerprint density at radius 1 is 1.33 bits per heavy atom. The maximum absolute atomic E-state index is 13.1. The van der Waals surface area contributed by atoms with Crippen LogP contribution in [0.3, 0.4) is 0 Å². The molecule has 208 valence electrons. The molecule has 2 amide bonds. The van der Waals surface area contributed by atoms with E-state index < -0.39 is 16.4 Å². The monoisotopic (exact) mass is 601 g/mol. The maximum Gasteiger partial charge on any atom is 0.318 e. The smallest absolute Gasteiger partial charge is 0.318 e. The summed E-state index contributed by atoms with van der Waals surface area (Å²) in [6.07, 6.45) is 2.91. The van der Waals surface area contributed by atoms with Crippen molar-refractivity contribution < 1.29 is 24.3 Å². The van der Waals surface area contributed by atoms with Gasteiger partial charge in [-0.1, -0.05) is 6.92 Å². The van der Waals surface area contributed by atoms with Gasteiger partial charge in [0.1, 0.15) is 22.1 Å². The van der Waals surface area contributed by atoms with E-state index in [1.165, 1.54) is 12.1 Å². The maximum atomic E-state index is 13.1. The van der Waals surface area contributed by atoms with E-state index in [4.69, 9.17) is 9.47 Å². The number of amides is 2. The quantitative estimate of drug-likeness (QED) is 0.273. The number of hydrazine groups is 1. The Kier molecular flexibility index (Phi) is 7.34. The molecule has 2 aliphatic heterocycles. The van der Waals surface area contributed by atoms with Gasteiger partial charge in [-0.05, 0) is 71.5 Å². The van der Waals surface area contributed by atoms with Crippen LogP contribution in [-0.4, -0.2) is 53.4 Å². The average molecular weight is 602 g/mol. The third-order valence-electron chi connectivity index (χ3n) is 8.07. The number of halogens is 1. The number of urea groups is 1. The highest BCUT2D eigenvalue weighted by molar-refractivity contribution is 9.10. The van der Waals surface area contributed by atoms with Gasteiger partial charge in [-0.25, -0.2) is 4.79 Å². The number of methoxy groups -OCH3 is 1. The van der Waals surface area contributed by atoms with Crippen LogP contribution < -0.4 is 25.6 Å². The third kappa shape index (κ3) is 4.55. The predicted molar refractivity (Wildman–Crippen MR) is 149 cm³/mol. The van der Waals surface area contributed by atoms with Gasteiger partial charge in [0, 0.05) is 41.9 Å². The summed E-state index contributed by atoms with van der Waals surface area (Å²) in [5.41, 5.74) is 9.52. The second-order valence-electron chi connectivity index (χ2n) is 10.2. The molecule has 0 fully saturated rings. The Labute approximate surface area is 234 Å². The highest BCUT2D eigenvalue weighted by atomic mass is 79.9. The molecule has 39 heavy (non-hydrogen) atoms. The SMILES string of the molecule is CCNC(=O)N1Cc2cc(OC)c(Br)c3c2[C@@]2(C[C@H]1CO)[C@H](C)CC(NNc1ccc([N+](=O)[O-])cc1)=C[C@H]2O3. The molecule has 4 N–H and O–H groups in total. The Hall–Kier alpha value is -3.51. The van der Waals surface area contributed by atoms with Crippen molar-refractivity contribution in [2.24, 2.45) is 5.92 Å². The van der Waals surface area contributed by atoms with E-state index in [1.54, 1.807) is 24.1 Å². The van der Waals surface area contributed by atoms with Crippen molar-refractivity contribution in [3.63, 3.8) is 0 Å². The minimum absolute atomic E-state index is 0.0235. The van der Waals surface area contributed by atoms with E-state index in [9.17, 15) is 20.0 Å². The Morgan fingerprint density at radius 3 is 2.72 bits per heavy atom. The Balaban J connectivity index is 1.52. The molecule has 0 bridgehead atoms. The fourth-order valence-electron chi connectivity index (χ4n) is 6.20. The number of rotatable bonds is 7. The molecule has 12 heteroatoms. The van der Waals surface area contributed by atoms with Crippen molar-refractivity contribution in [2.45, 2.75) is 50.8 Å². The lowest BCUT2D eigenvalue weighted by Gasteiger charge is -2.44. The second kappa shape index (κ2) is 10.6. The highest BCUT2D eigenvalue weighted by Crippen LogP contribution is 2.60. The van der Waals surface area contributed by atoms with Crippen LogP contribution in [0.25, 0.3) is 0 Å². The molecule has 4 atom stereocenters. The van der Waals surface area contributed by atoms with Crippen molar-refractivity contribution in [3.05, 3.63) is 67.8 Å². The normalized spacial score (nSPS) is 24.9. The number of benzene rings is 2. The van der Waals surface area contributed by atoms with Crippen molar-refractivity contribution in [1.29, 1.82) is 0 Å². The molecule has 0 saturated carbocycles. The zero-order chi connectivity index (χ0) is 27.9. The van der Waals surface area contributed by atoms with Crippen molar-refractivity contribution >= 4 is 33.3 Å². The van der Waals surface area contributed by atoms with Crippen LogP contribution in [0.5, 0.6) is 11.5 Å². The van der Waals surface area contributed by atoms with Crippen molar-refractivity contribution in [2.75, 3.05) is 25.7 Å². The molecule has 0 radical (unpaired) electrons. The summed E-state index contributed by atoms with van der Waals surface area (Å²) in [7, 11) is 1.60. The highest BCUT2D eigenvalue weighted by Gasteiger charge is 2.58. The van der Waals surface area contributed by atoms with Crippen LogP contribution >= 0.6 is 15.9 Å². The Bertz CT molecular complexity index is 1320.